The van der Waals surface area contributed by atoms with E-state index >= 15 is 0 Å². The molecule has 1 saturated carbocycles. The topological polar surface area (TPSA) is 75.4 Å². The predicted octanol–water partition coefficient (Wildman–Crippen LogP) is 1.20. The largest absolute Gasteiger partial charge is 0.396 e. The second-order valence-electron chi connectivity index (χ2n) is 5.14. The first kappa shape index (κ1) is 16.7. The molecule has 102 valence electrons. The van der Waals surface area contributed by atoms with Crippen molar-refractivity contribution in [2.45, 2.75) is 51.5 Å². The number of hydrogen-bond donors (Lipinski definition) is 3. The maximum absolute atomic E-state index is 11.5. The van der Waals surface area contributed by atoms with Gasteiger partial charge in [-0.05, 0) is 31.6 Å². The molecule has 0 aliphatic heterocycles. The fourth-order valence-electron chi connectivity index (χ4n) is 2.53. The molecular formula is C12H25ClN2O2. The highest BCUT2D eigenvalue weighted by Crippen LogP contribution is 2.40. The van der Waals surface area contributed by atoms with Gasteiger partial charge < -0.3 is 16.2 Å². The molecule has 4 nitrogen and oxygen atoms in total. The van der Waals surface area contributed by atoms with Gasteiger partial charge in [0.25, 0.3) is 0 Å². The second kappa shape index (κ2) is 7.90. The van der Waals surface area contributed by atoms with Crippen molar-refractivity contribution in [2.75, 3.05) is 13.2 Å². The third kappa shape index (κ3) is 5.70. The second-order valence-corrected chi connectivity index (χ2v) is 5.14. The molecule has 1 aliphatic rings. The Morgan fingerprint density at radius 3 is 2.53 bits per heavy atom. The first-order valence-corrected chi connectivity index (χ1v) is 6.21. The molecule has 0 heterocycles. The normalized spacial score (nSPS) is 19.5. The maximum Gasteiger partial charge on any atom is 0.221 e. The maximum atomic E-state index is 11.5. The molecule has 17 heavy (non-hydrogen) atoms. The molecule has 0 radical (unpaired) electrons. The fourth-order valence-corrected chi connectivity index (χ4v) is 2.53. The van der Waals surface area contributed by atoms with Gasteiger partial charge in [0.05, 0.1) is 0 Å². The highest BCUT2D eigenvalue weighted by molar-refractivity contribution is 5.85. The van der Waals surface area contributed by atoms with Crippen molar-refractivity contribution in [3.8, 4) is 0 Å². The standard InChI is InChI=1S/C12H24N2O2.ClH/c1-10(13)8-11(16)14-9-12(6-7-15)4-2-3-5-12;/h10,15H,2-9,13H2,1H3,(H,14,16);1H. The van der Waals surface area contributed by atoms with Gasteiger partial charge in [0, 0.05) is 25.6 Å². The number of hydrogen-bond acceptors (Lipinski definition) is 3. The minimum absolute atomic E-state index is 0. The number of aliphatic hydroxyl groups is 1. The molecule has 1 fully saturated rings. The summed E-state index contributed by atoms with van der Waals surface area (Å²) in [5.41, 5.74) is 5.71. The van der Waals surface area contributed by atoms with Crippen LogP contribution in [0.2, 0.25) is 0 Å². The van der Waals surface area contributed by atoms with Gasteiger partial charge in [-0.1, -0.05) is 12.8 Å². The number of halogens is 1. The summed E-state index contributed by atoms with van der Waals surface area (Å²) in [4.78, 5) is 11.5. The minimum Gasteiger partial charge on any atom is -0.396 e. The zero-order valence-electron chi connectivity index (χ0n) is 10.6. The Balaban J connectivity index is 0.00000256. The van der Waals surface area contributed by atoms with E-state index in [1.165, 1.54) is 12.8 Å². The quantitative estimate of drug-likeness (QED) is 0.675. The molecule has 1 unspecified atom stereocenters. The Bertz CT molecular complexity index is 229. The Morgan fingerprint density at radius 1 is 1.47 bits per heavy atom. The Hall–Kier alpha value is -0.320. The molecule has 5 heteroatoms. The summed E-state index contributed by atoms with van der Waals surface area (Å²) in [6.07, 6.45) is 5.84. The number of rotatable bonds is 6. The number of aliphatic hydroxyl groups excluding tert-OH is 1. The van der Waals surface area contributed by atoms with Gasteiger partial charge >= 0.3 is 0 Å². The lowest BCUT2D eigenvalue weighted by Gasteiger charge is -2.28. The lowest BCUT2D eigenvalue weighted by atomic mass is 9.83. The molecule has 1 rings (SSSR count). The summed E-state index contributed by atoms with van der Waals surface area (Å²) in [7, 11) is 0. The van der Waals surface area contributed by atoms with Crippen LogP contribution in [0.15, 0.2) is 0 Å². The van der Waals surface area contributed by atoms with Crippen LogP contribution in [0, 0.1) is 5.41 Å². The van der Waals surface area contributed by atoms with Crippen LogP contribution in [0.3, 0.4) is 0 Å². The van der Waals surface area contributed by atoms with E-state index < -0.39 is 0 Å². The fraction of sp³-hybridized carbons (Fsp3) is 0.917. The smallest absolute Gasteiger partial charge is 0.221 e. The van der Waals surface area contributed by atoms with Gasteiger partial charge in [-0.25, -0.2) is 0 Å². The summed E-state index contributed by atoms with van der Waals surface area (Å²) in [6.45, 7) is 2.74. The van der Waals surface area contributed by atoms with Gasteiger partial charge in [-0.2, -0.15) is 0 Å². The summed E-state index contributed by atoms with van der Waals surface area (Å²) in [5, 5.41) is 12.0. The van der Waals surface area contributed by atoms with Crippen LogP contribution in [0.4, 0.5) is 0 Å². The Morgan fingerprint density at radius 2 is 2.06 bits per heavy atom. The summed E-state index contributed by atoms with van der Waals surface area (Å²) >= 11 is 0. The highest BCUT2D eigenvalue weighted by Gasteiger charge is 2.33. The predicted molar refractivity (Wildman–Crippen MR) is 71.1 cm³/mol. The van der Waals surface area contributed by atoms with E-state index in [0.29, 0.717) is 13.0 Å². The number of carbonyl (C=O) groups is 1. The van der Waals surface area contributed by atoms with E-state index in [4.69, 9.17) is 10.8 Å². The average molecular weight is 265 g/mol. The van der Waals surface area contributed by atoms with E-state index in [1.807, 2.05) is 6.92 Å². The lowest BCUT2D eigenvalue weighted by molar-refractivity contribution is -0.121. The zero-order chi connectivity index (χ0) is 12.0. The molecule has 0 aromatic carbocycles. The third-order valence-corrected chi connectivity index (χ3v) is 3.47. The summed E-state index contributed by atoms with van der Waals surface area (Å²) in [6, 6.07) is -0.0858. The first-order valence-electron chi connectivity index (χ1n) is 6.21. The van der Waals surface area contributed by atoms with E-state index in [-0.39, 0.29) is 36.4 Å². The van der Waals surface area contributed by atoms with Crippen LogP contribution < -0.4 is 11.1 Å². The molecule has 0 spiro atoms. The van der Waals surface area contributed by atoms with Crippen LogP contribution in [0.5, 0.6) is 0 Å². The summed E-state index contributed by atoms with van der Waals surface area (Å²) < 4.78 is 0. The van der Waals surface area contributed by atoms with Crippen LogP contribution in [-0.4, -0.2) is 30.2 Å². The van der Waals surface area contributed by atoms with Crippen molar-refractivity contribution in [3.05, 3.63) is 0 Å². The molecule has 0 bridgehead atoms. The SMILES string of the molecule is CC(N)CC(=O)NCC1(CCO)CCCC1.Cl. The average Bonchev–Trinajstić information content (AvgIpc) is 2.64. The van der Waals surface area contributed by atoms with E-state index in [2.05, 4.69) is 5.32 Å². The molecule has 1 atom stereocenters. The molecule has 4 N–H and O–H groups in total. The van der Waals surface area contributed by atoms with Crippen molar-refractivity contribution in [1.82, 2.24) is 5.32 Å². The number of amides is 1. The van der Waals surface area contributed by atoms with Crippen LogP contribution in [0.25, 0.3) is 0 Å². The van der Waals surface area contributed by atoms with Gasteiger partial charge in [0.1, 0.15) is 0 Å². The number of carbonyl (C=O) groups excluding carboxylic acids is 1. The number of nitrogens with one attached hydrogen (secondary N) is 1. The highest BCUT2D eigenvalue weighted by atomic mass is 35.5. The molecule has 1 amide bonds. The van der Waals surface area contributed by atoms with Gasteiger partial charge in [0.15, 0.2) is 0 Å². The van der Waals surface area contributed by atoms with Crippen molar-refractivity contribution in [2.24, 2.45) is 11.1 Å². The van der Waals surface area contributed by atoms with Crippen molar-refractivity contribution in [1.29, 1.82) is 0 Å². The monoisotopic (exact) mass is 264 g/mol. The lowest BCUT2D eigenvalue weighted by Crippen LogP contribution is -2.38. The van der Waals surface area contributed by atoms with Crippen molar-refractivity contribution < 1.29 is 9.90 Å². The van der Waals surface area contributed by atoms with Crippen molar-refractivity contribution in [3.63, 3.8) is 0 Å². The minimum atomic E-state index is -0.0858. The molecule has 0 aromatic rings. The van der Waals surface area contributed by atoms with Gasteiger partial charge in [-0.3, -0.25) is 4.79 Å². The molecule has 0 saturated heterocycles. The van der Waals surface area contributed by atoms with Crippen molar-refractivity contribution >= 4 is 18.3 Å². The Labute approximate surface area is 110 Å². The van der Waals surface area contributed by atoms with E-state index in [9.17, 15) is 4.79 Å². The number of nitrogens with two attached hydrogens (primary N) is 1. The molecule has 0 aromatic heterocycles. The molecule has 1 aliphatic carbocycles. The van der Waals surface area contributed by atoms with E-state index in [1.54, 1.807) is 0 Å². The first-order chi connectivity index (χ1) is 7.58. The molecular weight excluding hydrogens is 240 g/mol. The Kier molecular flexibility index (Phi) is 7.75. The van der Waals surface area contributed by atoms with Crippen LogP contribution in [-0.2, 0) is 4.79 Å². The van der Waals surface area contributed by atoms with Crippen LogP contribution in [0.1, 0.15) is 45.4 Å². The third-order valence-electron chi connectivity index (χ3n) is 3.47. The summed E-state index contributed by atoms with van der Waals surface area (Å²) in [5.74, 6) is 0.0271. The zero-order valence-corrected chi connectivity index (χ0v) is 11.4. The van der Waals surface area contributed by atoms with E-state index in [0.717, 1.165) is 19.3 Å². The van der Waals surface area contributed by atoms with Gasteiger partial charge in [0.2, 0.25) is 5.91 Å². The van der Waals surface area contributed by atoms with Crippen LogP contribution >= 0.6 is 12.4 Å². The van der Waals surface area contributed by atoms with Gasteiger partial charge in [-0.15, -0.1) is 12.4 Å².